The number of aliphatic carboxylic acids is 1. The average molecular weight is 319 g/mol. The molecule has 0 heterocycles. The van der Waals surface area contributed by atoms with Crippen molar-refractivity contribution in [2.24, 2.45) is 5.92 Å². The molecule has 2 unspecified atom stereocenters. The highest BCUT2D eigenvalue weighted by Crippen LogP contribution is 2.24. The Kier molecular flexibility index (Phi) is 6.30. The van der Waals surface area contributed by atoms with Crippen LogP contribution in [0.4, 0.5) is 0 Å². The van der Waals surface area contributed by atoms with Gasteiger partial charge in [-0.3, -0.25) is 9.59 Å². The van der Waals surface area contributed by atoms with E-state index in [0.29, 0.717) is 22.0 Å². The highest BCUT2D eigenvalue weighted by Gasteiger charge is 2.29. The molecule has 2 atom stereocenters. The number of benzene rings is 1. The van der Waals surface area contributed by atoms with Crippen molar-refractivity contribution in [2.75, 3.05) is 0 Å². The summed E-state index contributed by atoms with van der Waals surface area (Å²) in [5.74, 6) is -3.26. The molecule has 0 bridgehead atoms. The Labute approximate surface area is 127 Å². The van der Waals surface area contributed by atoms with Crippen LogP contribution >= 0.6 is 23.2 Å². The van der Waals surface area contributed by atoms with Crippen LogP contribution in [0.25, 0.3) is 0 Å². The normalized spacial score (nSPS) is 13.6. The summed E-state index contributed by atoms with van der Waals surface area (Å²) in [5, 5.41) is 9.95. The standard InChI is InChI=1S/C14H16Cl2O4/c1-3-8(2)20-14(19)11(13(17)18)6-9-4-5-10(15)7-12(9)16/h4-5,7-8,11H,3,6H2,1-2H3,(H,17,18). The molecule has 0 aliphatic carbocycles. The third-order valence-corrected chi connectivity index (χ3v) is 3.50. The molecule has 0 amide bonds. The molecule has 1 aromatic carbocycles. The molecule has 0 aliphatic rings. The predicted octanol–water partition coefficient (Wildman–Crippen LogP) is 3.58. The molecule has 0 fully saturated rings. The molecule has 1 aromatic rings. The Morgan fingerprint density at radius 1 is 1.35 bits per heavy atom. The zero-order chi connectivity index (χ0) is 15.3. The largest absolute Gasteiger partial charge is 0.481 e. The van der Waals surface area contributed by atoms with Crippen molar-refractivity contribution in [3.05, 3.63) is 33.8 Å². The molecule has 1 rings (SSSR count). The minimum Gasteiger partial charge on any atom is -0.481 e. The van der Waals surface area contributed by atoms with Crippen LogP contribution in [0.5, 0.6) is 0 Å². The number of ether oxygens (including phenoxy) is 1. The summed E-state index contributed by atoms with van der Waals surface area (Å²) in [6.45, 7) is 3.57. The van der Waals surface area contributed by atoms with Gasteiger partial charge in [-0.2, -0.15) is 0 Å². The summed E-state index contributed by atoms with van der Waals surface area (Å²) in [6.07, 6.45) is 0.283. The topological polar surface area (TPSA) is 63.6 Å². The number of carboxylic acids is 1. The number of halogens is 2. The first-order chi connectivity index (χ1) is 9.35. The van der Waals surface area contributed by atoms with Crippen molar-refractivity contribution >= 4 is 35.1 Å². The van der Waals surface area contributed by atoms with Gasteiger partial charge in [0.2, 0.25) is 0 Å². The van der Waals surface area contributed by atoms with E-state index in [0.717, 1.165) is 0 Å². The number of carboxylic acid groups (broad SMARTS) is 1. The van der Waals surface area contributed by atoms with Crippen molar-refractivity contribution < 1.29 is 19.4 Å². The van der Waals surface area contributed by atoms with Crippen molar-refractivity contribution in [2.45, 2.75) is 32.8 Å². The highest BCUT2D eigenvalue weighted by molar-refractivity contribution is 6.35. The molecule has 0 saturated carbocycles. The number of carbonyl (C=O) groups is 2. The highest BCUT2D eigenvalue weighted by atomic mass is 35.5. The van der Waals surface area contributed by atoms with Crippen molar-refractivity contribution in [1.29, 1.82) is 0 Å². The number of esters is 1. The third-order valence-electron chi connectivity index (χ3n) is 2.91. The van der Waals surface area contributed by atoms with Crippen LogP contribution in [0.15, 0.2) is 18.2 Å². The summed E-state index contributed by atoms with van der Waals surface area (Å²) in [6, 6.07) is 4.72. The van der Waals surface area contributed by atoms with Crippen LogP contribution in [0.1, 0.15) is 25.8 Å². The van der Waals surface area contributed by atoms with Crippen LogP contribution in [0.3, 0.4) is 0 Å². The lowest BCUT2D eigenvalue weighted by Gasteiger charge is -2.16. The summed E-state index contributed by atoms with van der Waals surface area (Å²) >= 11 is 11.8. The fourth-order valence-electron chi connectivity index (χ4n) is 1.54. The molecule has 0 saturated heterocycles. The first-order valence-corrected chi connectivity index (χ1v) is 6.98. The summed E-state index contributed by atoms with van der Waals surface area (Å²) in [4.78, 5) is 23.1. The summed E-state index contributed by atoms with van der Waals surface area (Å²) < 4.78 is 5.07. The van der Waals surface area contributed by atoms with Crippen molar-refractivity contribution in [3.8, 4) is 0 Å². The van der Waals surface area contributed by atoms with E-state index >= 15 is 0 Å². The van der Waals surface area contributed by atoms with Gasteiger partial charge in [0.1, 0.15) is 0 Å². The molecule has 0 aliphatic heterocycles. The lowest BCUT2D eigenvalue weighted by Crippen LogP contribution is -2.30. The lowest BCUT2D eigenvalue weighted by molar-refractivity contribution is -0.161. The molecule has 1 N–H and O–H groups in total. The molecule has 0 aromatic heterocycles. The zero-order valence-corrected chi connectivity index (χ0v) is 12.7. The van der Waals surface area contributed by atoms with Crippen LogP contribution < -0.4 is 0 Å². The second-order valence-electron chi connectivity index (χ2n) is 4.49. The minimum atomic E-state index is -1.28. The molecule has 110 valence electrons. The Morgan fingerprint density at radius 3 is 2.50 bits per heavy atom. The zero-order valence-electron chi connectivity index (χ0n) is 11.2. The van der Waals surface area contributed by atoms with Gasteiger partial charge in [0.15, 0.2) is 5.92 Å². The minimum absolute atomic E-state index is 0.0272. The van der Waals surface area contributed by atoms with Crippen molar-refractivity contribution in [3.63, 3.8) is 0 Å². The van der Waals surface area contributed by atoms with Gasteiger partial charge in [-0.25, -0.2) is 0 Å². The summed E-state index contributed by atoms with van der Waals surface area (Å²) in [5.41, 5.74) is 0.546. The van der Waals surface area contributed by atoms with Crippen LogP contribution in [-0.4, -0.2) is 23.1 Å². The van der Waals surface area contributed by atoms with Gasteiger partial charge in [-0.05, 0) is 37.5 Å². The maximum Gasteiger partial charge on any atom is 0.320 e. The number of hydrogen-bond acceptors (Lipinski definition) is 3. The Hall–Kier alpha value is -1.26. The first kappa shape index (κ1) is 16.8. The van der Waals surface area contributed by atoms with E-state index in [1.54, 1.807) is 19.1 Å². The average Bonchev–Trinajstić information content (AvgIpc) is 2.36. The van der Waals surface area contributed by atoms with Gasteiger partial charge in [0.25, 0.3) is 0 Å². The summed E-state index contributed by atoms with van der Waals surface area (Å²) in [7, 11) is 0. The van der Waals surface area contributed by atoms with Gasteiger partial charge in [0.05, 0.1) is 6.10 Å². The molecular weight excluding hydrogens is 303 g/mol. The van der Waals surface area contributed by atoms with Crippen LogP contribution in [0, 0.1) is 5.92 Å². The second-order valence-corrected chi connectivity index (χ2v) is 5.33. The van der Waals surface area contributed by atoms with Crippen LogP contribution in [0.2, 0.25) is 10.0 Å². The Bertz CT molecular complexity index is 502. The second kappa shape index (κ2) is 7.50. The third kappa shape index (κ3) is 4.69. The van der Waals surface area contributed by atoms with E-state index < -0.39 is 17.9 Å². The smallest absolute Gasteiger partial charge is 0.320 e. The number of rotatable bonds is 6. The van der Waals surface area contributed by atoms with E-state index in [9.17, 15) is 9.59 Å². The quantitative estimate of drug-likeness (QED) is 0.643. The first-order valence-electron chi connectivity index (χ1n) is 6.22. The van der Waals surface area contributed by atoms with E-state index in [2.05, 4.69) is 0 Å². The molecule has 0 radical (unpaired) electrons. The molecule has 20 heavy (non-hydrogen) atoms. The maximum atomic E-state index is 11.9. The Morgan fingerprint density at radius 2 is 2.00 bits per heavy atom. The Balaban J connectivity index is 2.87. The van der Waals surface area contributed by atoms with Crippen molar-refractivity contribution in [1.82, 2.24) is 0 Å². The van der Waals surface area contributed by atoms with Gasteiger partial charge >= 0.3 is 11.9 Å². The van der Waals surface area contributed by atoms with Gasteiger partial charge in [0, 0.05) is 10.0 Å². The predicted molar refractivity (Wildman–Crippen MR) is 77.1 cm³/mol. The number of carbonyl (C=O) groups excluding carboxylic acids is 1. The van der Waals surface area contributed by atoms with Crippen LogP contribution in [-0.2, 0) is 20.7 Å². The van der Waals surface area contributed by atoms with Gasteiger partial charge in [-0.1, -0.05) is 36.2 Å². The van der Waals surface area contributed by atoms with Gasteiger partial charge in [-0.15, -0.1) is 0 Å². The van der Waals surface area contributed by atoms with E-state index in [1.165, 1.54) is 6.07 Å². The SMILES string of the molecule is CCC(C)OC(=O)C(Cc1ccc(Cl)cc1Cl)C(=O)O. The lowest BCUT2D eigenvalue weighted by atomic mass is 9.99. The van der Waals surface area contributed by atoms with E-state index in [4.69, 9.17) is 33.0 Å². The molecule has 4 nitrogen and oxygen atoms in total. The molecule has 6 heteroatoms. The fraction of sp³-hybridized carbons (Fsp3) is 0.429. The van der Waals surface area contributed by atoms with Gasteiger partial charge < -0.3 is 9.84 Å². The molecule has 0 spiro atoms. The monoisotopic (exact) mass is 318 g/mol. The molecular formula is C14H16Cl2O4. The fourth-order valence-corrected chi connectivity index (χ4v) is 2.03. The van der Waals surface area contributed by atoms with E-state index in [-0.39, 0.29) is 12.5 Å². The number of hydrogen-bond donors (Lipinski definition) is 1. The maximum absolute atomic E-state index is 11.9. The van der Waals surface area contributed by atoms with E-state index in [1.807, 2.05) is 6.92 Å².